The van der Waals surface area contributed by atoms with Gasteiger partial charge >= 0.3 is 0 Å². The summed E-state index contributed by atoms with van der Waals surface area (Å²) in [5.41, 5.74) is 15.7. The van der Waals surface area contributed by atoms with Crippen molar-refractivity contribution in [3.63, 3.8) is 0 Å². The summed E-state index contributed by atoms with van der Waals surface area (Å²) >= 11 is 0. The lowest BCUT2D eigenvalue weighted by Crippen LogP contribution is -2.38. The van der Waals surface area contributed by atoms with Crippen LogP contribution in [0.3, 0.4) is 0 Å². The van der Waals surface area contributed by atoms with E-state index in [0.29, 0.717) is 0 Å². The van der Waals surface area contributed by atoms with E-state index in [1.807, 2.05) is 0 Å². The van der Waals surface area contributed by atoms with Crippen LogP contribution in [0.1, 0.15) is 36.5 Å². The second kappa shape index (κ2) is 9.70. The topological polar surface area (TPSA) is 8.17 Å². The van der Waals surface area contributed by atoms with E-state index in [1.165, 1.54) is 77.8 Å². The molecule has 2 nitrogen and oxygen atoms in total. The Hall–Kier alpha value is -5.60. The summed E-state index contributed by atoms with van der Waals surface area (Å²) in [5.74, 6) is 0.245. The fraction of sp³-hybridized carbons (Fsp3) is 0.111. The molecule has 2 aliphatic carbocycles. The fourth-order valence-corrected chi connectivity index (χ4v) is 8.88. The average Bonchev–Trinajstić information content (AvgIpc) is 3.70. The number of hydrogen-bond acceptors (Lipinski definition) is 1. The van der Waals surface area contributed by atoms with Crippen LogP contribution >= 0.6 is 0 Å². The van der Waals surface area contributed by atoms with Gasteiger partial charge in [0.2, 0.25) is 0 Å². The number of fused-ring (bicyclic) bond motifs is 9. The van der Waals surface area contributed by atoms with Crippen molar-refractivity contribution >= 4 is 38.8 Å². The first-order valence-corrected chi connectivity index (χ1v) is 16.7. The van der Waals surface area contributed by atoms with Crippen LogP contribution in [-0.4, -0.2) is 10.6 Å². The van der Waals surface area contributed by atoms with E-state index < -0.39 is 0 Å². The fourth-order valence-electron chi connectivity index (χ4n) is 8.88. The number of aromatic nitrogens is 1. The van der Waals surface area contributed by atoms with E-state index in [-0.39, 0.29) is 17.4 Å². The van der Waals surface area contributed by atoms with Gasteiger partial charge in [0.15, 0.2) is 0 Å². The molecule has 1 aromatic heterocycles. The number of rotatable bonds is 3. The number of anilines is 2. The Morgan fingerprint density at radius 3 is 2.02 bits per heavy atom. The van der Waals surface area contributed by atoms with Gasteiger partial charge in [-0.25, -0.2) is 0 Å². The molecule has 10 rings (SSSR count). The lowest BCUT2D eigenvalue weighted by molar-refractivity contribution is 0.553. The van der Waals surface area contributed by atoms with Crippen LogP contribution in [0.2, 0.25) is 0 Å². The quantitative estimate of drug-likeness (QED) is 0.195. The van der Waals surface area contributed by atoms with Crippen molar-refractivity contribution in [2.75, 3.05) is 4.90 Å². The maximum Gasteiger partial charge on any atom is 0.0673 e. The molecule has 2 unspecified atom stereocenters. The smallest absolute Gasteiger partial charge is 0.0673 e. The van der Waals surface area contributed by atoms with Crippen LogP contribution < -0.4 is 4.90 Å². The number of nitrogens with zero attached hydrogens (tertiary/aromatic N) is 2. The molecule has 0 fully saturated rings. The van der Waals surface area contributed by atoms with Crippen molar-refractivity contribution in [2.24, 2.45) is 0 Å². The number of allylic oxidation sites excluding steroid dienone is 2. The molecule has 0 saturated carbocycles. The summed E-state index contributed by atoms with van der Waals surface area (Å²) in [5, 5.41) is 2.61. The number of hydrogen-bond donors (Lipinski definition) is 0. The molecule has 7 aromatic rings. The normalized spacial score (nSPS) is 18.8. The monoisotopic (exact) mass is 602 g/mol. The zero-order valence-electron chi connectivity index (χ0n) is 26.6. The molecule has 1 aliphatic heterocycles. The minimum Gasteiger partial charge on any atom is -0.333 e. The van der Waals surface area contributed by atoms with Gasteiger partial charge in [-0.2, -0.15) is 0 Å². The highest BCUT2D eigenvalue weighted by Gasteiger charge is 2.50. The van der Waals surface area contributed by atoms with Crippen molar-refractivity contribution in [2.45, 2.75) is 31.2 Å². The molecule has 0 bridgehead atoms. The Kier molecular flexibility index (Phi) is 5.49. The summed E-state index contributed by atoms with van der Waals surface area (Å²) in [7, 11) is 0. The van der Waals surface area contributed by atoms with E-state index in [2.05, 4.69) is 181 Å². The lowest BCUT2D eigenvalue weighted by Gasteiger charge is -2.39. The average molecular weight is 603 g/mol. The summed E-state index contributed by atoms with van der Waals surface area (Å²) < 4.78 is 2.44. The Morgan fingerprint density at radius 1 is 0.574 bits per heavy atom. The maximum atomic E-state index is 2.65. The third kappa shape index (κ3) is 3.67. The first kappa shape index (κ1) is 26.6. The Morgan fingerprint density at radius 2 is 1.26 bits per heavy atom. The van der Waals surface area contributed by atoms with Crippen molar-refractivity contribution < 1.29 is 0 Å². The molecule has 0 spiro atoms. The summed E-state index contributed by atoms with van der Waals surface area (Å²) in [6, 6.07) is 53.8. The molecule has 6 aromatic carbocycles. The Labute approximate surface area is 275 Å². The molecule has 0 N–H and O–H groups in total. The highest BCUT2D eigenvalue weighted by atomic mass is 15.2. The van der Waals surface area contributed by atoms with E-state index in [1.54, 1.807) is 0 Å². The second-order valence-corrected chi connectivity index (χ2v) is 13.7. The summed E-state index contributed by atoms with van der Waals surface area (Å²) in [6.45, 7) is 4.89. The molecule has 0 amide bonds. The van der Waals surface area contributed by atoms with E-state index in [4.69, 9.17) is 0 Å². The van der Waals surface area contributed by atoms with Gasteiger partial charge in [0.25, 0.3) is 0 Å². The van der Waals surface area contributed by atoms with Gasteiger partial charge in [-0.3, -0.25) is 0 Å². The summed E-state index contributed by atoms with van der Waals surface area (Å²) in [6.07, 6.45) is 4.92. The minimum atomic E-state index is -0.135. The van der Waals surface area contributed by atoms with Gasteiger partial charge in [-0.05, 0) is 87.5 Å². The maximum absolute atomic E-state index is 2.65. The van der Waals surface area contributed by atoms with Crippen molar-refractivity contribution in [3.05, 3.63) is 180 Å². The standard InChI is InChI=1S/C45H34N2/c1-45(2)39-26-30(29-14-6-3-7-15-29)22-23-33(39)35-24-25-36-38-27-37-34-20-12-13-21-40(34)46(31-16-8-4-9-17-31)41(37)28-42(38)47(44(36)43(35)45)32-18-10-5-11-19-32/h3-28,36,44H,1-2H3. The predicted molar refractivity (Wildman–Crippen MR) is 197 cm³/mol. The lowest BCUT2D eigenvalue weighted by atomic mass is 9.72. The molecule has 0 radical (unpaired) electrons. The molecule has 3 aliphatic rings. The number of benzene rings is 6. The zero-order chi connectivity index (χ0) is 31.3. The van der Waals surface area contributed by atoms with Crippen molar-refractivity contribution in [1.29, 1.82) is 0 Å². The third-order valence-electron chi connectivity index (χ3n) is 10.9. The van der Waals surface area contributed by atoms with Gasteiger partial charge in [0.05, 0.1) is 17.1 Å². The molecule has 2 atom stereocenters. The van der Waals surface area contributed by atoms with E-state index in [9.17, 15) is 0 Å². The molecular weight excluding hydrogens is 569 g/mol. The Bertz CT molecular complexity index is 2430. The molecule has 0 saturated heterocycles. The van der Waals surface area contributed by atoms with Gasteiger partial charge in [-0.1, -0.05) is 123 Å². The summed E-state index contributed by atoms with van der Waals surface area (Å²) in [4.78, 5) is 2.65. The zero-order valence-corrected chi connectivity index (χ0v) is 26.6. The second-order valence-electron chi connectivity index (χ2n) is 13.7. The molecule has 224 valence electrons. The number of para-hydroxylation sites is 3. The Balaban J connectivity index is 1.21. The van der Waals surface area contributed by atoms with Crippen LogP contribution in [0.5, 0.6) is 0 Å². The SMILES string of the molecule is CC1(C)C2=C(C=CC3c4cc5c6ccccc6n(-c6ccccc6)c5cc4N(c4ccccc4)C23)c2ccc(-c3ccccc3)cc21. The molecule has 2 heterocycles. The van der Waals surface area contributed by atoms with Crippen LogP contribution in [0, 0.1) is 0 Å². The van der Waals surface area contributed by atoms with Crippen molar-refractivity contribution in [1.82, 2.24) is 4.57 Å². The minimum absolute atomic E-state index is 0.135. The highest BCUT2D eigenvalue weighted by molar-refractivity contribution is 6.11. The predicted octanol–water partition coefficient (Wildman–Crippen LogP) is 11.4. The molecule has 47 heavy (non-hydrogen) atoms. The van der Waals surface area contributed by atoms with E-state index in [0.717, 1.165) is 0 Å². The molecular formula is C45H34N2. The highest BCUT2D eigenvalue weighted by Crippen LogP contribution is 2.60. The van der Waals surface area contributed by atoms with Crippen LogP contribution in [0.25, 0.3) is 44.2 Å². The van der Waals surface area contributed by atoms with Crippen LogP contribution in [0.15, 0.2) is 163 Å². The van der Waals surface area contributed by atoms with Crippen LogP contribution in [-0.2, 0) is 5.41 Å². The van der Waals surface area contributed by atoms with Crippen LogP contribution in [0.4, 0.5) is 11.4 Å². The third-order valence-corrected chi connectivity index (χ3v) is 10.9. The van der Waals surface area contributed by atoms with E-state index >= 15 is 0 Å². The van der Waals surface area contributed by atoms with Crippen molar-refractivity contribution in [3.8, 4) is 16.8 Å². The van der Waals surface area contributed by atoms with Gasteiger partial charge in [0.1, 0.15) is 0 Å². The van der Waals surface area contributed by atoms with Gasteiger partial charge < -0.3 is 9.47 Å². The first-order valence-electron chi connectivity index (χ1n) is 16.7. The van der Waals surface area contributed by atoms with Gasteiger partial charge in [-0.15, -0.1) is 0 Å². The largest absolute Gasteiger partial charge is 0.333 e. The molecule has 2 heteroatoms. The first-order chi connectivity index (χ1) is 23.1. The van der Waals surface area contributed by atoms with Gasteiger partial charge in [0, 0.05) is 39.2 Å².